The Morgan fingerprint density at radius 1 is 1.29 bits per heavy atom. The second-order valence-corrected chi connectivity index (χ2v) is 5.70. The van der Waals surface area contributed by atoms with Gasteiger partial charge in [0.25, 0.3) is 0 Å². The normalized spacial score (nSPS) is 13.6. The molecule has 0 saturated heterocycles. The van der Waals surface area contributed by atoms with Crippen molar-refractivity contribution in [2.75, 3.05) is 6.26 Å². The fourth-order valence-corrected chi connectivity index (χ4v) is 1.58. The Morgan fingerprint density at radius 3 is 2.21 bits per heavy atom. The number of hydrogen-bond acceptors (Lipinski definition) is 3. The first-order valence-corrected chi connectivity index (χ1v) is 6.24. The van der Waals surface area contributed by atoms with Crippen molar-refractivity contribution in [1.82, 2.24) is 0 Å². The lowest BCUT2D eigenvalue weighted by atomic mass is 10.1. The lowest BCUT2D eigenvalue weighted by Crippen LogP contribution is -2.23. The van der Waals surface area contributed by atoms with Crippen LogP contribution in [0.3, 0.4) is 0 Å². The van der Waals surface area contributed by atoms with Crippen LogP contribution in [0.25, 0.3) is 0 Å². The number of Topliss-reactive ketones (excluding diaryl/α,β-unsaturated/α-hetero) is 1. The molecule has 0 bridgehead atoms. The molecule has 0 fully saturated rings. The molecule has 0 radical (unpaired) electrons. The number of rotatable bonds is 3. The van der Waals surface area contributed by atoms with Gasteiger partial charge in [0.1, 0.15) is 0 Å². The minimum Gasteiger partial charge on any atom is -0.291 e. The second kappa shape index (κ2) is 4.11. The number of halogens is 1. The Hall–Kier alpha value is -0.870. The molecule has 3 nitrogen and oxygen atoms in total. The maximum absolute atomic E-state index is 11.5. The Labute approximate surface area is 87.6 Å². The Bertz CT molecular complexity index is 425. The number of hydrogen-bond donors (Lipinski definition) is 0. The van der Waals surface area contributed by atoms with Crippen LogP contribution in [-0.2, 0) is 9.84 Å². The molecule has 0 aliphatic rings. The van der Waals surface area contributed by atoms with Gasteiger partial charge in [-0.1, -0.05) is 41.9 Å². The van der Waals surface area contributed by atoms with Crippen molar-refractivity contribution in [3.05, 3.63) is 35.9 Å². The average molecular weight is 233 g/mol. The highest BCUT2D eigenvalue weighted by Crippen LogP contribution is 2.12. The number of carbonyl (C=O) groups is 1. The molecule has 0 heterocycles. The number of carbonyl (C=O) groups excluding carboxylic acids is 1. The summed E-state index contributed by atoms with van der Waals surface area (Å²) in [5.74, 6) is -0.588. The molecule has 1 atom stereocenters. The lowest BCUT2D eigenvalue weighted by Gasteiger charge is -2.05. The van der Waals surface area contributed by atoms with E-state index in [9.17, 15) is 13.2 Å². The van der Waals surface area contributed by atoms with Crippen molar-refractivity contribution in [3.8, 4) is 0 Å². The van der Waals surface area contributed by atoms with E-state index in [1.165, 1.54) is 12.1 Å². The van der Waals surface area contributed by atoms with Crippen molar-refractivity contribution in [2.24, 2.45) is 0 Å². The van der Waals surface area contributed by atoms with E-state index in [0.29, 0.717) is 5.56 Å². The third-order valence-electron chi connectivity index (χ3n) is 1.64. The molecule has 0 aromatic heterocycles. The van der Waals surface area contributed by atoms with E-state index in [1.54, 1.807) is 18.2 Å². The molecule has 0 aliphatic heterocycles. The SMILES string of the molecule is CS(=O)(=O)[C@H](Cl)C(=O)c1ccccc1. The summed E-state index contributed by atoms with van der Waals surface area (Å²) in [6, 6.07) is 8.10. The van der Waals surface area contributed by atoms with Crippen LogP contribution in [0, 0.1) is 0 Å². The minimum atomic E-state index is -3.53. The van der Waals surface area contributed by atoms with E-state index in [4.69, 9.17) is 11.6 Å². The van der Waals surface area contributed by atoms with Crippen LogP contribution >= 0.6 is 11.6 Å². The molecule has 5 heteroatoms. The van der Waals surface area contributed by atoms with Gasteiger partial charge in [-0.05, 0) is 0 Å². The van der Waals surface area contributed by atoms with Crippen molar-refractivity contribution >= 4 is 27.2 Å². The number of benzene rings is 1. The summed E-state index contributed by atoms with van der Waals surface area (Å²) >= 11 is 5.50. The molecule has 0 saturated carbocycles. The first kappa shape index (κ1) is 11.2. The topological polar surface area (TPSA) is 51.2 Å². The first-order chi connectivity index (χ1) is 6.43. The summed E-state index contributed by atoms with van der Waals surface area (Å²) in [7, 11) is -3.53. The van der Waals surface area contributed by atoms with Crippen LogP contribution in [0.2, 0.25) is 0 Å². The molecule has 1 aromatic carbocycles. The van der Waals surface area contributed by atoms with E-state index in [-0.39, 0.29) is 0 Å². The van der Waals surface area contributed by atoms with Gasteiger partial charge in [-0.3, -0.25) is 4.79 Å². The summed E-state index contributed by atoms with van der Waals surface area (Å²) in [5.41, 5.74) is 0.304. The summed E-state index contributed by atoms with van der Waals surface area (Å²) in [6.07, 6.45) is 0.936. The van der Waals surface area contributed by atoms with Crippen molar-refractivity contribution < 1.29 is 13.2 Å². The molecule has 0 amide bonds. The zero-order chi connectivity index (χ0) is 10.8. The number of sulfone groups is 1. The Morgan fingerprint density at radius 2 is 1.79 bits per heavy atom. The monoisotopic (exact) mass is 232 g/mol. The highest BCUT2D eigenvalue weighted by atomic mass is 35.5. The van der Waals surface area contributed by atoms with E-state index >= 15 is 0 Å². The number of ketones is 1. The Balaban J connectivity index is 2.99. The van der Waals surface area contributed by atoms with Crippen LogP contribution in [0.1, 0.15) is 10.4 Å². The van der Waals surface area contributed by atoms with Crippen LogP contribution in [0.15, 0.2) is 30.3 Å². The van der Waals surface area contributed by atoms with Crippen molar-refractivity contribution in [1.29, 1.82) is 0 Å². The Kier molecular flexibility index (Phi) is 3.29. The predicted molar refractivity (Wildman–Crippen MR) is 55.3 cm³/mol. The lowest BCUT2D eigenvalue weighted by molar-refractivity contribution is 0.101. The summed E-state index contributed by atoms with van der Waals surface area (Å²) in [4.78, 5) is 11.5. The van der Waals surface area contributed by atoms with Gasteiger partial charge in [0.15, 0.2) is 20.3 Å². The van der Waals surface area contributed by atoms with Crippen LogP contribution < -0.4 is 0 Å². The third kappa shape index (κ3) is 2.56. The number of alkyl halides is 1. The molecular weight excluding hydrogens is 224 g/mol. The summed E-state index contributed by atoms with van der Waals surface area (Å²) in [6.45, 7) is 0. The van der Waals surface area contributed by atoms with E-state index in [1.807, 2.05) is 0 Å². The second-order valence-electron chi connectivity index (χ2n) is 2.88. The standard InChI is InChI=1S/C9H9ClO3S/c1-14(12,13)9(10)8(11)7-5-3-2-4-6-7/h2-6,9H,1H3/t9-/m0/s1. The van der Waals surface area contributed by atoms with E-state index in [0.717, 1.165) is 6.26 Å². The van der Waals surface area contributed by atoms with Crippen molar-refractivity contribution in [2.45, 2.75) is 4.71 Å². The smallest absolute Gasteiger partial charge is 0.197 e. The third-order valence-corrected chi connectivity index (χ3v) is 3.78. The molecule has 76 valence electrons. The quantitative estimate of drug-likeness (QED) is 0.586. The molecule has 0 N–H and O–H groups in total. The molecule has 0 spiro atoms. The van der Waals surface area contributed by atoms with E-state index < -0.39 is 20.3 Å². The van der Waals surface area contributed by atoms with Gasteiger partial charge in [-0.2, -0.15) is 0 Å². The molecule has 0 aliphatic carbocycles. The largest absolute Gasteiger partial charge is 0.291 e. The van der Waals surface area contributed by atoms with Gasteiger partial charge in [-0.25, -0.2) is 8.42 Å². The highest BCUT2D eigenvalue weighted by Gasteiger charge is 2.26. The van der Waals surface area contributed by atoms with Gasteiger partial charge in [0, 0.05) is 11.8 Å². The predicted octanol–water partition coefficient (Wildman–Crippen LogP) is 1.48. The zero-order valence-electron chi connectivity index (χ0n) is 7.48. The molecule has 1 aromatic rings. The maximum atomic E-state index is 11.5. The average Bonchev–Trinajstić information content (AvgIpc) is 2.15. The fraction of sp³-hybridized carbons (Fsp3) is 0.222. The minimum absolute atomic E-state index is 0.304. The molecule has 1 rings (SSSR count). The van der Waals surface area contributed by atoms with Gasteiger partial charge in [0.05, 0.1) is 0 Å². The first-order valence-electron chi connectivity index (χ1n) is 3.85. The van der Waals surface area contributed by atoms with Crippen LogP contribution in [-0.4, -0.2) is 25.2 Å². The van der Waals surface area contributed by atoms with Gasteiger partial charge in [-0.15, -0.1) is 0 Å². The molecular formula is C9H9ClO3S. The van der Waals surface area contributed by atoms with Gasteiger partial charge < -0.3 is 0 Å². The summed E-state index contributed by atoms with van der Waals surface area (Å²) < 4.78 is 20.5. The van der Waals surface area contributed by atoms with Gasteiger partial charge >= 0.3 is 0 Å². The molecule has 0 unspecified atom stereocenters. The van der Waals surface area contributed by atoms with E-state index in [2.05, 4.69) is 0 Å². The highest BCUT2D eigenvalue weighted by molar-refractivity contribution is 7.93. The van der Waals surface area contributed by atoms with Crippen molar-refractivity contribution in [3.63, 3.8) is 0 Å². The molecule has 14 heavy (non-hydrogen) atoms. The van der Waals surface area contributed by atoms with Crippen LogP contribution in [0.4, 0.5) is 0 Å². The van der Waals surface area contributed by atoms with Crippen LogP contribution in [0.5, 0.6) is 0 Å². The zero-order valence-corrected chi connectivity index (χ0v) is 9.05. The van der Waals surface area contributed by atoms with Gasteiger partial charge in [0.2, 0.25) is 0 Å². The summed E-state index contributed by atoms with van der Waals surface area (Å²) in [5, 5.41) is 0. The fourth-order valence-electron chi connectivity index (χ4n) is 0.928. The maximum Gasteiger partial charge on any atom is 0.197 e.